The third-order valence-corrected chi connectivity index (χ3v) is 5.25. The molecule has 0 saturated carbocycles. The van der Waals surface area contributed by atoms with Gasteiger partial charge in [-0.3, -0.25) is 0 Å². The van der Waals surface area contributed by atoms with Gasteiger partial charge in [0.25, 0.3) is 0 Å². The highest BCUT2D eigenvalue weighted by molar-refractivity contribution is 7.13. The first-order chi connectivity index (χ1) is 14.1. The number of aromatic nitrogens is 5. The van der Waals surface area contributed by atoms with Gasteiger partial charge in [-0.1, -0.05) is 35.9 Å². The third-order valence-electron chi connectivity index (χ3n) is 4.36. The molecule has 0 bridgehead atoms. The first-order valence-corrected chi connectivity index (χ1v) is 9.76. The van der Waals surface area contributed by atoms with Gasteiger partial charge in [0.1, 0.15) is 16.6 Å². The number of hydrogen-bond donors (Lipinski definition) is 2. The molecule has 2 aromatic carbocycles. The number of tetrazole rings is 1. The van der Waals surface area contributed by atoms with Gasteiger partial charge in [0, 0.05) is 28.4 Å². The molecule has 0 saturated heterocycles. The van der Waals surface area contributed by atoms with Crippen LogP contribution in [0.25, 0.3) is 27.4 Å². The monoisotopic (exact) mass is 399 g/mol. The number of allylic oxidation sites excluding steroid dienone is 1. The van der Waals surface area contributed by atoms with Gasteiger partial charge in [-0.05, 0) is 36.8 Å². The number of hydrogen-bond acceptors (Lipinski definition) is 7. The van der Waals surface area contributed by atoms with E-state index in [0.717, 1.165) is 27.5 Å². The summed E-state index contributed by atoms with van der Waals surface area (Å²) in [5, 5.41) is 28.9. The number of aromatic amines is 1. The lowest BCUT2D eigenvalue weighted by Gasteiger charge is -2.05. The summed E-state index contributed by atoms with van der Waals surface area (Å²) in [5.74, 6) is 0.245. The topological polar surface area (TPSA) is 103 Å². The second-order valence-corrected chi connectivity index (χ2v) is 7.34. The SMILES string of the molecule is Cc1ccc(-c2csc(-c3cccc(NC=C(C#N)c4nn[nH]n4)c3)n2)c(C)c1. The van der Waals surface area contributed by atoms with Gasteiger partial charge >= 0.3 is 0 Å². The minimum absolute atomic E-state index is 0.245. The van der Waals surface area contributed by atoms with E-state index in [1.807, 2.05) is 24.3 Å². The van der Waals surface area contributed by atoms with Crippen molar-refractivity contribution in [3.05, 3.63) is 71.0 Å². The van der Waals surface area contributed by atoms with Crippen LogP contribution in [-0.2, 0) is 0 Å². The van der Waals surface area contributed by atoms with Crippen LogP contribution in [0.4, 0.5) is 5.69 Å². The minimum Gasteiger partial charge on any atom is -0.360 e. The van der Waals surface area contributed by atoms with E-state index in [1.165, 1.54) is 11.1 Å². The van der Waals surface area contributed by atoms with E-state index in [4.69, 9.17) is 4.98 Å². The minimum atomic E-state index is 0.245. The molecule has 29 heavy (non-hydrogen) atoms. The normalized spacial score (nSPS) is 11.3. The molecule has 7 nitrogen and oxygen atoms in total. The zero-order chi connectivity index (χ0) is 20.2. The summed E-state index contributed by atoms with van der Waals surface area (Å²) in [6.07, 6.45) is 1.56. The van der Waals surface area contributed by atoms with Crippen molar-refractivity contribution < 1.29 is 0 Å². The van der Waals surface area contributed by atoms with Crippen molar-refractivity contribution in [2.24, 2.45) is 0 Å². The molecule has 0 spiro atoms. The van der Waals surface area contributed by atoms with Crippen LogP contribution >= 0.6 is 11.3 Å². The Hall–Kier alpha value is -3.83. The highest BCUT2D eigenvalue weighted by Gasteiger charge is 2.10. The number of H-pyrrole nitrogens is 1. The molecule has 0 radical (unpaired) electrons. The molecule has 4 rings (SSSR count). The molecule has 0 aliphatic rings. The predicted octanol–water partition coefficient (Wildman–Crippen LogP) is 4.58. The van der Waals surface area contributed by atoms with E-state index < -0.39 is 0 Å². The van der Waals surface area contributed by atoms with Gasteiger partial charge in [0.05, 0.1) is 5.69 Å². The fourth-order valence-electron chi connectivity index (χ4n) is 2.95. The smallest absolute Gasteiger partial charge is 0.216 e. The molecule has 2 heterocycles. The standard InChI is InChI=1S/C21H17N7S/c1-13-6-7-18(14(2)8-13)19-12-29-21(24-19)15-4-3-5-17(9-15)23-11-16(10-22)20-25-27-28-26-20/h3-9,11-12,23H,1-2H3,(H,25,26,27,28). The van der Waals surface area contributed by atoms with Crippen LogP contribution < -0.4 is 5.32 Å². The van der Waals surface area contributed by atoms with Crippen LogP contribution in [-0.4, -0.2) is 25.6 Å². The Morgan fingerprint density at radius 1 is 1.21 bits per heavy atom. The summed E-state index contributed by atoms with van der Waals surface area (Å²) in [6.45, 7) is 4.20. The molecular formula is C21H17N7S. The first-order valence-electron chi connectivity index (χ1n) is 8.88. The van der Waals surface area contributed by atoms with Gasteiger partial charge in [0.2, 0.25) is 5.82 Å². The largest absolute Gasteiger partial charge is 0.360 e. The van der Waals surface area contributed by atoms with Gasteiger partial charge in [-0.25, -0.2) is 4.98 Å². The van der Waals surface area contributed by atoms with Gasteiger partial charge in [-0.2, -0.15) is 10.5 Å². The Kier molecular flexibility index (Phi) is 5.14. The van der Waals surface area contributed by atoms with Gasteiger partial charge in [-0.15, -0.1) is 21.5 Å². The van der Waals surface area contributed by atoms with Gasteiger partial charge in [0.15, 0.2) is 0 Å². The van der Waals surface area contributed by atoms with E-state index in [9.17, 15) is 5.26 Å². The second kappa shape index (κ2) is 8.04. The molecule has 142 valence electrons. The van der Waals surface area contributed by atoms with Crippen molar-refractivity contribution in [2.75, 3.05) is 5.32 Å². The maximum absolute atomic E-state index is 9.27. The molecule has 4 aromatic rings. The van der Waals surface area contributed by atoms with E-state index in [0.29, 0.717) is 0 Å². The molecule has 0 fully saturated rings. The summed E-state index contributed by atoms with van der Waals surface area (Å²) in [5.41, 5.74) is 6.71. The zero-order valence-corrected chi connectivity index (χ0v) is 16.7. The number of nitrogens with one attached hydrogen (secondary N) is 2. The molecule has 0 aliphatic heterocycles. The molecule has 0 unspecified atom stereocenters. The highest BCUT2D eigenvalue weighted by atomic mass is 32.1. The quantitative estimate of drug-likeness (QED) is 0.476. The van der Waals surface area contributed by atoms with E-state index in [-0.39, 0.29) is 11.4 Å². The number of anilines is 1. The fraction of sp³-hybridized carbons (Fsp3) is 0.0952. The average Bonchev–Trinajstić information content (AvgIpc) is 3.41. The molecule has 0 atom stereocenters. The highest BCUT2D eigenvalue weighted by Crippen LogP contribution is 2.31. The summed E-state index contributed by atoms with van der Waals surface area (Å²) in [6, 6.07) is 16.3. The number of aryl methyl sites for hydroxylation is 2. The molecule has 8 heteroatoms. The molecule has 2 N–H and O–H groups in total. The van der Waals surface area contributed by atoms with E-state index >= 15 is 0 Å². The maximum Gasteiger partial charge on any atom is 0.216 e. The number of thiazole rings is 1. The Morgan fingerprint density at radius 3 is 2.86 bits per heavy atom. The van der Waals surface area contributed by atoms with Crippen molar-refractivity contribution in [2.45, 2.75) is 13.8 Å². The fourth-order valence-corrected chi connectivity index (χ4v) is 3.77. The number of nitriles is 1. The van der Waals surface area contributed by atoms with Crippen molar-refractivity contribution in [1.82, 2.24) is 25.6 Å². The van der Waals surface area contributed by atoms with E-state index in [1.54, 1.807) is 17.5 Å². The Balaban J connectivity index is 1.58. The van der Waals surface area contributed by atoms with Crippen molar-refractivity contribution in [3.8, 4) is 27.9 Å². The first kappa shape index (κ1) is 18.5. The van der Waals surface area contributed by atoms with Gasteiger partial charge < -0.3 is 5.32 Å². The number of nitrogens with zero attached hydrogens (tertiary/aromatic N) is 5. The van der Waals surface area contributed by atoms with Crippen LogP contribution in [0, 0.1) is 25.2 Å². The summed E-state index contributed by atoms with van der Waals surface area (Å²) < 4.78 is 0. The van der Waals surface area contributed by atoms with Crippen molar-refractivity contribution >= 4 is 22.6 Å². The van der Waals surface area contributed by atoms with Crippen molar-refractivity contribution in [1.29, 1.82) is 5.26 Å². The van der Waals surface area contributed by atoms with Crippen LogP contribution in [0.5, 0.6) is 0 Å². The van der Waals surface area contributed by atoms with Crippen LogP contribution in [0.2, 0.25) is 0 Å². The molecular weight excluding hydrogens is 382 g/mol. The molecule has 2 aromatic heterocycles. The predicted molar refractivity (Wildman–Crippen MR) is 114 cm³/mol. The Labute approximate surface area is 171 Å². The average molecular weight is 399 g/mol. The lowest BCUT2D eigenvalue weighted by Crippen LogP contribution is -1.93. The zero-order valence-electron chi connectivity index (χ0n) is 15.8. The van der Waals surface area contributed by atoms with E-state index in [2.05, 4.69) is 69.4 Å². The summed E-state index contributed by atoms with van der Waals surface area (Å²) in [7, 11) is 0. The summed E-state index contributed by atoms with van der Waals surface area (Å²) >= 11 is 1.61. The molecule has 0 aliphatic carbocycles. The lowest BCUT2D eigenvalue weighted by molar-refractivity contribution is 0.881. The number of rotatable bonds is 5. The van der Waals surface area contributed by atoms with Crippen LogP contribution in [0.1, 0.15) is 17.0 Å². The van der Waals surface area contributed by atoms with Crippen LogP contribution in [0.3, 0.4) is 0 Å². The van der Waals surface area contributed by atoms with Crippen LogP contribution in [0.15, 0.2) is 54.0 Å². The molecule has 0 amide bonds. The lowest BCUT2D eigenvalue weighted by atomic mass is 10.0. The number of benzene rings is 2. The van der Waals surface area contributed by atoms with Crippen molar-refractivity contribution in [3.63, 3.8) is 0 Å². The Bertz CT molecular complexity index is 1220. The maximum atomic E-state index is 9.27. The Morgan fingerprint density at radius 2 is 2.10 bits per heavy atom. The third kappa shape index (κ3) is 4.05. The summed E-state index contributed by atoms with van der Waals surface area (Å²) in [4.78, 5) is 4.82. The second-order valence-electron chi connectivity index (χ2n) is 6.49.